The normalized spacial score (nSPS) is 24.8. The first kappa shape index (κ1) is 20.4. The zero-order valence-electron chi connectivity index (χ0n) is 17.8. The molecule has 0 amide bonds. The Hall–Kier alpha value is -1.85. The Morgan fingerprint density at radius 1 is 1.03 bits per heavy atom. The summed E-state index contributed by atoms with van der Waals surface area (Å²) in [5.74, 6) is 1.73. The number of para-hydroxylation sites is 1. The SMILES string of the molecule is CC(C)C1CCC(N2CCC(n3c(CO)c(/C=N/O)c4ccccc43)CC2)CC1. The second-order valence-electron chi connectivity index (χ2n) is 9.23. The van der Waals surface area contributed by atoms with Crippen LogP contribution >= 0.6 is 0 Å². The third kappa shape index (κ3) is 3.95. The van der Waals surface area contributed by atoms with Gasteiger partial charge in [0.05, 0.1) is 18.5 Å². The molecule has 5 heteroatoms. The Morgan fingerprint density at radius 3 is 2.34 bits per heavy atom. The lowest BCUT2D eigenvalue weighted by Gasteiger charge is -2.42. The number of likely N-dealkylation sites (tertiary alicyclic amines) is 1. The van der Waals surface area contributed by atoms with Crippen LogP contribution < -0.4 is 0 Å². The smallest absolute Gasteiger partial charge is 0.0840 e. The molecule has 0 bridgehead atoms. The molecule has 1 aliphatic heterocycles. The van der Waals surface area contributed by atoms with Crippen molar-refractivity contribution in [2.24, 2.45) is 17.0 Å². The van der Waals surface area contributed by atoms with Crippen LogP contribution in [0, 0.1) is 11.8 Å². The Balaban J connectivity index is 1.50. The van der Waals surface area contributed by atoms with Gasteiger partial charge in [-0.25, -0.2) is 0 Å². The monoisotopic (exact) mass is 397 g/mol. The van der Waals surface area contributed by atoms with Crippen molar-refractivity contribution in [1.82, 2.24) is 9.47 Å². The summed E-state index contributed by atoms with van der Waals surface area (Å²) in [5.41, 5.74) is 2.82. The molecule has 0 spiro atoms. The Morgan fingerprint density at radius 2 is 1.72 bits per heavy atom. The molecule has 0 unspecified atom stereocenters. The first-order valence-corrected chi connectivity index (χ1v) is 11.3. The van der Waals surface area contributed by atoms with Crippen LogP contribution in [0.5, 0.6) is 0 Å². The van der Waals surface area contributed by atoms with Crippen molar-refractivity contribution in [1.29, 1.82) is 0 Å². The molecular formula is C24H35N3O2. The van der Waals surface area contributed by atoms with E-state index in [2.05, 4.69) is 34.5 Å². The van der Waals surface area contributed by atoms with Crippen LogP contribution in [0.1, 0.15) is 69.7 Å². The Labute approximate surface area is 174 Å². The number of piperidine rings is 1. The second kappa shape index (κ2) is 8.88. The molecule has 1 aromatic heterocycles. The maximum absolute atomic E-state index is 10.1. The van der Waals surface area contributed by atoms with Crippen LogP contribution in [-0.2, 0) is 6.61 Å². The minimum atomic E-state index is -0.0462. The highest BCUT2D eigenvalue weighted by Gasteiger charge is 2.31. The average molecular weight is 398 g/mol. The lowest BCUT2D eigenvalue weighted by Crippen LogP contribution is -2.44. The summed E-state index contributed by atoms with van der Waals surface area (Å²) in [6, 6.07) is 9.33. The van der Waals surface area contributed by atoms with E-state index in [9.17, 15) is 5.11 Å². The minimum absolute atomic E-state index is 0.0462. The number of hydrogen-bond donors (Lipinski definition) is 2. The van der Waals surface area contributed by atoms with E-state index in [1.807, 2.05) is 18.2 Å². The van der Waals surface area contributed by atoms with Gasteiger partial charge in [0, 0.05) is 41.6 Å². The predicted octanol–water partition coefficient (Wildman–Crippen LogP) is 4.79. The van der Waals surface area contributed by atoms with E-state index in [1.165, 1.54) is 31.9 Å². The standard InChI is InChI=1S/C24H35N3O2/c1-17(2)18-7-9-19(10-8-18)26-13-11-20(12-14-26)27-23-6-4-3-5-21(23)22(15-25-29)24(27)16-28/h3-6,15,17-20,28-29H,7-14,16H2,1-2H3/b25-15+. The number of fused-ring (bicyclic) bond motifs is 1. The fraction of sp³-hybridized carbons (Fsp3) is 0.625. The third-order valence-corrected chi connectivity index (χ3v) is 7.46. The van der Waals surface area contributed by atoms with Crippen molar-refractivity contribution in [3.8, 4) is 0 Å². The van der Waals surface area contributed by atoms with Gasteiger partial charge in [0.1, 0.15) is 0 Å². The van der Waals surface area contributed by atoms with Crippen molar-refractivity contribution < 1.29 is 10.3 Å². The fourth-order valence-electron chi connectivity index (χ4n) is 5.76. The Kier molecular flexibility index (Phi) is 6.26. The van der Waals surface area contributed by atoms with Gasteiger partial charge < -0.3 is 19.8 Å². The highest BCUT2D eigenvalue weighted by Crippen LogP contribution is 2.37. The van der Waals surface area contributed by atoms with Gasteiger partial charge >= 0.3 is 0 Å². The van der Waals surface area contributed by atoms with Crippen molar-refractivity contribution >= 4 is 17.1 Å². The van der Waals surface area contributed by atoms with Crippen molar-refractivity contribution in [3.05, 3.63) is 35.5 Å². The second-order valence-corrected chi connectivity index (χ2v) is 9.23. The summed E-state index contributed by atoms with van der Waals surface area (Å²) in [7, 11) is 0. The zero-order chi connectivity index (χ0) is 20.4. The number of aromatic nitrogens is 1. The number of benzene rings is 1. The van der Waals surface area contributed by atoms with Gasteiger partial charge in [0.25, 0.3) is 0 Å². The van der Waals surface area contributed by atoms with E-state index in [1.54, 1.807) is 0 Å². The first-order chi connectivity index (χ1) is 14.1. The molecular weight excluding hydrogens is 362 g/mol. The molecule has 2 heterocycles. The van der Waals surface area contributed by atoms with E-state index >= 15 is 0 Å². The van der Waals surface area contributed by atoms with Crippen LogP contribution in [0.15, 0.2) is 29.4 Å². The summed E-state index contributed by atoms with van der Waals surface area (Å²) in [6.45, 7) is 6.94. The van der Waals surface area contributed by atoms with Gasteiger partial charge in [0.15, 0.2) is 0 Å². The molecule has 2 fully saturated rings. The third-order valence-electron chi connectivity index (χ3n) is 7.46. The van der Waals surface area contributed by atoms with Crippen molar-refractivity contribution in [2.45, 2.75) is 71.1 Å². The number of hydrogen-bond acceptors (Lipinski definition) is 4. The van der Waals surface area contributed by atoms with E-state index in [-0.39, 0.29) is 6.61 Å². The molecule has 4 rings (SSSR count). The van der Waals surface area contributed by atoms with Gasteiger partial charge in [-0.05, 0) is 56.4 Å². The van der Waals surface area contributed by atoms with E-state index < -0.39 is 0 Å². The molecule has 2 aliphatic rings. The molecule has 2 N–H and O–H groups in total. The first-order valence-electron chi connectivity index (χ1n) is 11.3. The predicted molar refractivity (Wildman–Crippen MR) is 118 cm³/mol. The maximum Gasteiger partial charge on any atom is 0.0840 e. The van der Waals surface area contributed by atoms with Gasteiger partial charge in [-0.2, -0.15) is 0 Å². The molecule has 29 heavy (non-hydrogen) atoms. The van der Waals surface area contributed by atoms with Crippen molar-refractivity contribution in [2.75, 3.05) is 13.1 Å². The van der Waals surface area contributed by atoms with Gasteiger partial charge in [-0.15, -0.1) is 0 Å². The van der Waals surface area contributed by atoms with Crippen LogP contribution in [-0.4, -0.2) is 45.1 Å². The highest BCUT2D eigenvalue weighted by molar-refractivity contribution is 6.01. The van der Waals surface area contributed by atoms with E-state index in [0.717, 1.165) is 66.0 Å². The Bertz CT molecular complexity index is 841. The molecule has 2 aromatic rings. The van der Waals surface area contributed by atoms with Crippen LogP contribution in [0.3, 0.4) is 0 Å². The van der Waals surface area contributed by atoms with Gasteiger partial charge in [0.2, 0.25) is 0 Å². The minimum Gasteiger partial charge on any atom is -0.411 e. The summed E-state index contributed by atoms with van der Waals surface area (Å²) in [4.78, 5) is 2.72. The average Bonchev–Trinajstić information content (AvgIpc) is 3.08. The van der Waals surface area contributed by atoms with Gasteiger partial charge in [-0.1, -0.05) is 37.2 Å². The molecule has 0 radical (unpaired) electrons. The quantitative estimate of drug-likeness (QED) is 0.433. The number of aliphatic hydroxyl groups excluding tert-OH is 1. The number of nitrogens with zero attached hydrogens (tertiary/aromatic N) is 3. The molecule has 1 saturated heterocycles. The molecule has 158 valence electrons. The van der Waals surface area contributed by atoms with Gasteiger partial charge in [-0.3, -0.25) is 0 Å². The van der Waals surface area contributed by atoms with Crippen molar-refractivity contribution in [3.63, 3.8) is 0 Å². The maximum atomic E-state index is 10.1. The highest BCUT2D eigenvalue weighted by atomic mass is 16.4. The molecule has 1 saturated carbocycles. The van der Waals surface area contributed by atoms with E-state index in [0.29, 0.717) is 6.04 Å². The molecule has 1 aromatic carbocycles. The summed E-state index contributed by atoms with van der Waals surface area (Å²) < 4.78 is 2.30. The molecule has 5 nitrogen and oxygen atoms in total. The summed E-state index contributed by atoms with van der Waals surface area (Å²) >= 11 is 0. The largest absolute Gasteiger partial charge is 0.411 e. The lowest BCUT2D eigenvalue weighted by atomic mass is 9.79. The topological polar surface area (TPSA) is 61.0 Å². The summed E-state index contributed by atoms with van der Waals surface area (Å²) in [5, 5.41) is 23.5. The van der Waals surface area contributed by atoms with Crippen LogP contribution in [0.4, 0.5) is 0 Å². The lowest BCUT2D eigenvalue weighted by molar-refractivity contribution is 0.0882. The summed E-state index contributed by atoms with van der Waals surface area (Å²) in [6.07, 6.45) is 9.12. The van der Waals surface area contributed by atoms with Crippen LogP contribution in [0.25, 0.3) is 10.9 Å². The molecule has 0 atom stereocenters. The van der Waals surface area contributed by atoms with Crippen LogP contribution in [0.2, 0.25) is 0 Å². The zero-order valence-corrected chi connectivity index (χ0v) is 17.8. The number of aliphatic hydroxyl groups is 1. The van der Waals surface area contributed by atoms with E-state index in [4.69, 9.17) is 5.21 Å². The fourth-order valence-corrected chi connectivity index (χ4v) is 5.76. The number of rotatable bonds is 5. The molecule has 1 aliphatic carbocycles. The number of oxime groups is 1.